The van der Waals surface area contributed by atoms with Crippen molar-refractivity contribution in [2.75, 3.05) is 11.9 Å². The van der Waals surface area contributed by atoms with Crippen molar-refractivity contribution in [1.29, 1.82) is 5.26 Å². The van der Waals surface area contributed by atoms with Gasteiger partial charge in [0.2, 0.25) is 5.95 Å². The number of nitrogens with one attached hydrogen (secondary N) is 1. The summed E-state index contributed by atoms with van der Waals surface area (Å²) >= 11 is 0. The highest BCUT2D eigenvalue weighted by Crippen LogP contribution is 2.33. The fourth-order valence-electron chi connectivity index (χ4n) is 3.78. The average Bonchev–Trinajstić information content (AvgIpc) is 3.45. The van der Waals surface area contributed by atoms with Crippen molar-refractivity contribution in [1.82, 2.24) is 19.4 Å². The van der Waals surface area contributed by atoms with Gasteiger partial charge in [-0.25, -0.2) is 14.4 Å². The Bertz CT molecular complexity index is 1420. The number of hydrogen-bond donors (Lipinski definition) is 1. The van der Waals surface area contributed by atoms with E-state index >= 15 is 0 Å². The van der Waals surface area contributed by atoms with Crippen molar-refractivity contribution in [3.8, 4) is 22.9 Å². The Morgan fingerprint density at radius 2 is 2.06 bits per heavy atom. The summed E-state index contributed by atoms with van der Waals surface area (Å²) in [6.45, 7) is 0.562. The quantitative estimate of drug-likeness (QED) is 0.461. The number of rotatable bonds is 4. The first-order valence-electron chi connectivity index (χ1n) is 9.83. The molecule has 7 nitrogen and oxygen atoms in total. The van der Waals surface area contributed by atoms with E-state index in [-0.39, 0.29) is 35.0 Å². The van der Waals surface area contributed by atoms with Gasteiger partial charge in [-0.2, -0.15) is 18.4 Å². The van der Waals surface area contributed by atoms with E-state index in [1.807, 2.05) is 6.07 Å². The zero-order valence-electron chi connectivity index (χ0n) is 16.8. The van der Waals surface area contributed by atoms with E-state index in [9.17, 15) is 22.8 Å². The van der Waals surface area contributed by atoms with E-state index in [0.29, 0.717) is 24.3 Å². The summed E-state index contributed by atoms with van der Waals surface area (Å²) in [6.07, 6.45) is 0.765. The molecule has 0 amide bonds. The van der Waals surface area contributed by atoms with Crippen molar-refractivity contribution >= 4 is 11.6 Å². The Morgan fingerprint density at radius 1 is 1.21 bits per heavy atom. The number of ether oxygens (including phenoxy) is 1. The van der Waals surface area contributed by atoms with Gasteiger partial charge in [0.1, 0.15) is 17.6 Å². The van der Waals surface area contributed by atoms with E-state index in [1.165, 1.54) is 29.1 Å². The van der Waals surface area contributed by atoms with Crippen molar-refractivity contribution in [3.63, 3.8) is 0 Å². The molecule has 0 spiro atoms. The molecule has 3 aromatic heterocycles. The van der Waals surface area contributed by atoms with Crippen LogP contribution in [0.5, 0.6) is 5.75 Å². The number of halogens is 4. The average molecular weight is 454 g/mol. The summed E-state index contributed by atoms with van der Waals surface area (Å²) < 4.78 is 60.8. The summed E-state index contributed by atoms with van der Waals surface area (Å²) in [5, 5.41) is 12.3. The second-order valence-electron chi connectivity index (χ2n) is 7.34. The molecular weight excluding hydrogens is 440 g/mol. The van der Waals surface area contributed by atoms with E-state index < -0.39 is 17.6 Å². The zero-order valence-corrected chi connectivity index (χ0v) is 16.8. The molecule has 1 aliphatic heterocycles. The summed E-state index contributed by atoms with van der Waals surface area (Å²) in [6, 6.07) is 5.78. The first-order valence-corrected chi connectivity index (χ1v) is 9.83. The molecule has 4 heterocycles. The monoisotopic (exact) mass is 454 g/mol. The Morgan fingerprint density at radius 3 is 2.85 bits per heavy atom. The molecule has 0 fully saturated rings. The minimum absolute atomic E-state index is 0.0485. The number of benzene rings is 1. The highest BCUT2D eigenvalue weighted by atomic mass is 19.4. The normalized spacial score (nSPS) is 12.9. The van der Waals surface area contributed by atoms with E-state index in [0.717, 1.165) is 17.8 Å². The molecule has 166 valence electrons. The highest BCUT2D eigenvalue weighted by molar-refractivity contribution is 5.78. The Labute approximate surface area is 184 Å². The van der Waals surface area contributed by atoms with Crippen LogP contribution in [0.4, 0.5) is 23.5 Å². The Kier molecular flexibility index (Phi) is 4.85. The lowest BCUT2D eigenvalue weighted by Crippen LogP contribution is -2.10. The lowest BCUT2D eigenvalue weighted by molar-refractivity contribution is -0.137. The maximum absolute atomic E-state index is 14.5. The minimum atomic E-state index is -4.56. The van der Waals surface area contributed by atoms with Crippen molar-refractivity contribution in [2.24, 2.45) is 0 Å². The van der Waals surface area contributed by atoms with Crippen LogP contribution in [-0.4, -0.2) is 26.0 Å². The SMILES string of the molecule is N#Cc1cn2c(NCc3c(F)ccc4c3CCO4)ncc(-c3cncc(C(F)(F)F)c3)c2n1. The second kappa shape index (κ2) is 7.74. The molecule has 1 aliphatic rings. The van der Waals surface area contributed by atoms with Crippen molar-refractivity contribution < 1.29 is 22.3 Å². The standard InChI is InChI=1S/C22H14F4N6O/c23-18-1-2-19-15(3-4-33-19)17(18)10-30-21-29-9-16(20-31-14(6-27)11-32(20)21)12-5-13(8-28-7-12)22(24,25)26/h1-2,5,7-9,11H,3-4,10H2,(H,29,30). The van der Waals surface area contributed by atoms with Crippen LogP contribution in [0.15, 0.2) is 43.0 Å². The number of fused-ring (bicyclic) bond motifs is 2. The van der Waals surface area contributed by atoms with Crippen LogP contribution in [0, 0.1) is 17.1 Å². The third-order valence-corrected chi connectivity index (χ3v) is 5.35. The summed E-state index contributed by atoms with van der Waals surface area (Å²) in [4.78, 5) is 12.2. The molecule has 0 radical (unpaired) electrons. The maximum Gasteiger partial charge on any atom is 0.417 e. The van der Waals surface area contributed by atoms with Crippen LogP contribution in [0.2, 0.25) is 0 Å². The second-order valence-corrected chi connectivity index (χ2v) is 7.34. The third-order valence-electron chi connectivity index (χ3n) is 5.35. The van der Waals surface area contributed by atoms with Gasteiger partial charge in [-0.3, -0.25) is 9.38 Å². The Hall–Kier alpha value is -4.20. The molecule has 4 aromatic rings. The fraction of sp³-hybridized carbons (Fsp3) is 0.182. The van der Waals surface area contributed by atoms with Gasteiger partial charge in [0.15, 0.2) is 11.3 Å². The topological polar surface area (TPSA) is 88.1 Å². The van der Waals surface area contributed by atoms with E-state index in [1.54, 1.807) is 6.07 Å². The molecule has 0 saturated heterocycles. The van der Waals surface area contributed by atoms with Crippen molar-refractivity contribution in [2.45, 2.75) is 19.1 Å². The molecule has 0 bridgehead atoms. The molecule has 5 rings (SSSR count). The largest absolute Gasteiger partial charge is 0.493 e. The number of nitrogens with zero attached hydrogens (tertiary/aromatic N) is 5. The molecular formula is C22H14F4N6O. The molecule has 0 aliphatic carbocycles. The molecule has 11 heteroatoms. The van der Waals surface area contributed by atoms with Crippen LogP contribution in [0.3, 0.4) is 0 Å². The predicted molar refractivity (Wildman–Crippen MR) is 109 cm³/mol. The molecule has 1 N–H and O–H groups in total. The summed E-state index contributed by atoms with van der Waals surface area (Å²) in [5.74, 6) is 0.490. The van der Waals surface area contributed by atoms with Gasteiger partial charge in [0.25, 0.3) is 0 Å². The minimum Gasteiger partial charge on any atom is -0.493 e. The van der Waals surface area contributed by atoms with Crippen LogP contribution in [0.25, 0.3) is 16.8 Å². The Balaban J connectivity index is 1.55. The van der Waals surface area contributed by atoms with Gasteiger partial charge in [-0.1, -0.05) is 0 Å². The highest BCUT2D eigenvalue weighted by Gasteiger charge is 2.31. The zero-order chi connectivity index (χ0) is 23.2. The molecule has 33 heavy (non-hydrogen) atoms. The fourth-order valence-corrected chi connectivity index (χ4v) is 3.78. The summed E-state index contributed by atoms with van der Waals surface area (Å²) in [7, 11) is 0. The predicted octanol–water partition coefficient (Wildman–Crippen LogP) is 4.37. The number of anilines is 1. The van der Waals surface area contributed by atoms with Crippen molar-refractivity contribution in [3.05, 3.63) is 71.2 Å². The number of aromatic nitrogens is 4. The first-order chi connectivity index (χ1) is 15.8. The number of imidazole rings is 1. The van der Waals surface area contributed by atoms with Gasteiger partial charge >= 0.3 is 6.18 Å². The lowest BCUT2D eigenvalue weighted by Gasteiger charge is -2.13. The van der Waals surface area contributed by atoms with Crippen LogP contribution >= 0.6 is 0 Å². The number of pyridine rings is 1. The van der Waals surface area contributed by atoms with Crippen LogP contribution < -0.4 is 10.1 Å². The van der Waals surface area contributed by atoms with Crippen LogP contribution in [0.1, 0.15) is 22.4 Å². The first kappa shape index (κ1) is 20.7. The molecule has 1 aromatic carbocycles. The van der Waals surface area contributed by atoms with E-state index in [2.05, 4.69) is 20.3 Å². The number of nitriles is 1. The van der Waals surface area contributed by atoms with Crippen LogP contribution in [-0.2, 0) is 19.1 Å². The van der Waals surface area contributed by atoms with E-state index in [4.69, 9.17) is 4.74 Å². The molecule has 0 saturated carbocycles. The third kappa shape index (κ3) is 3.69. The number of hydrogen-bond acceptors (Lipinski definition) is 6. The van der Waals surface area contributed by atoms with Gasteiger partial charge < -0.3 is 10.1 Å². The van der Waals surface area contributed by atoms with Gasteiger partial charge in [0, 0.05) is 53.8 Å². The van der Waals surface area contributed by atoms with Gasteiger partial charge in [0.05, 0.1) is 18.4 Å². The molecule has 0 atom stereocenters. The smallest absolute Gasteiger partial charge is 0.417 e. The molecule has 0 unspecified atom stereocenters. The maximum atomic E-state index is 14.5. The number of alkyl halides is 3. The lowest BCUT2D eigenvalue weighted by atomic mass is 10.0. The van der Waals surface area contributed by atoms with Gasteiger partial charge in [-0.15, -0.1) is 0 Å². The van der Waals surface area contributed by atoms with Gasteiger partial charge in [-0.05, 0) is 18.2 Å². The summed E-state index contributed by atoms with van der Waals surface area (Å²) in [5.41, 5.74) is 0.970.